The van der Waals surface area contributed by atoms with Gasteiger partial charge in [0.15, 0.2) is 0 Å². The lowest BCUT2D eigenvalue weighted by atomic mass is 10.1. The fourth-order valence-electron chi connectivity index (χ4n) is 3.12. The summed E-state index contributed by atoms with van der Waals surface area (Å²) < 4.78 is 58.8. The van der Waals surface area contributed by atoms with Crippen molar-refractivity contribution in [1.82, 2.24) is 9.62 Å². The summed E-state index contributed by atoms with van der Waals surface area (Å²) in [4.78, 5) is 12.5. The molecule has 0 radical (unpaired) electrons. The Morgan fingerprint density at radius 1 is 1.10 bits per heavy atom. The number of benzene rings is 2. The molecule has 6 nitrogen and oxygen atoms in total. The minimum Gasteiger partial charge on any atom is -0.379 e. The second-order valence-electron chi connectivity index (χ2n) is 6.78. The molecule has 0 saturated carbocycles. The summed E-state index contributed by atoms with van der Waals surface area (Å²) in [5, 5.41) is 2.65. The van der Waals surface area contributed by atoms with Crippen molar-refractivity contribution in [1.29, 1.82) is 0 Å². The van der Waals surface area contributed by atoms with Crippen LogP contribution in [0.15, 0.2) is 41.3 Å². The summed E-state index contributed by atoms with van der Waals surface area (Å²) in [7, 11) is -3.73. The standard InChI is InChI=1S/C20H22F2N2O4S/c1-14-2-3-16(12-19(14)29(26,27)24-6-8-28-9-7-24)20(25)23-5-4-15-10-17(21)13-18(22)11-15/h2-3,10-13H,4-9H2,1H3,(H,23,25). The molecule has 156 valence electrons. The average molecular weight is 424 g/mol. The van der Waals surface area contributed by atoms with Crippen LogP contribution in [0.4, 0.5) is 8.78 Å². The van der Waals surface area contributed by atoms with E-state index in [1.165, 1.54) is 22.5 Å². The second kappa shape index (κ2) is 8.98. The number of amides is 1. The molecule has 0 aromatic heterocycles. The van der Waals surface area contributed by atoms with E-state index in [0.717, 1.165) is 6.07 Å². The van der Waals surface area contributed by atoms with Gasteiger partial charge in [0.2, 0.25) is 10.0 Å². The van der Waals surface area contributed by atoms with Gasteiger partial charge in [-0.1, -0.05) is 6.07 Å². The Balaban J connectivity index is 1.70. The van der Waals surface area contributed by atoms with Gasteiger partial charge in [-0.15, -0.1) is 0 Å². The number of carbonyl (C=O) groups is 1. The predicted molar refractivity (Wildman–Crippen MR) is 103 cm³/mol. The van der Waals surface area contributed by atoms with Crippen molar-refractivity contribution in [2.45, 2.75) is 18.2 Å². The Hall–Kier alpha value is -2.36. The van der Waals surface area contributed by atoms with E-state index >= 15 is 0 Å². The van der Waals surface area contributed by atoms with E-state index in [-0.39, 0.29) is 36.5 Å². The third-order valence-corrected chi connectivity index (χ3v) is 6.70. The minimum atomic E-state index is -3.73. The number of nitrogens with one attached hydrogen (secondary N) is 1. The van der Waals surface area contributed by atoms with E-state index in [1.807, 2.05) is 0 Å². The lowest BCUT2D eigenvalue weighted by Gasteiger charge is -2.26. The van der Waals surface area contributed by atoms with Crippen LogP contribution in [-0.4, -0.2) is 51.5 Å². The van der Waals surface area contributed by atoms with Crippen LogP contribution < -0.4 is 5.32 Å². The number of sulfonamides is 1. The summed E-state index contributed by atoms with van der Waals surface area (Å²) in [5.74, 6) is -1.81. The number of carbonyl (C=O) groups excluding carboxylic acids is 1. The van der Waals surface area contributed by atoms with E-state index in [0.29, 0.717) is 24.3 Å². The highest BCUT2D eigenvalue weighted by molar-refractivity contribution is 7.89. The zero-order chi connectivity index (χ0) is 21.0. The minimum absolute atomic E-state index is 0.0826. The molecular weight excluding hydrogens is 402 g/mol. The van der Waals surface area contributed by atoms with E-state index in [2.05, 4.69) is 5.32 Å². The van der Waals surface area contributed by atoms with Crippen LogP contribution in [0.25, 0.3) is 0 Å². The van der Waals surface area contributed by atoms with Crippen molar-refractivity contribution in [2.75, 3.05) is 32.8 Å². The van der Waals surface area contributed by atoms with Gasteiger partial charge in [-0.05, 0) is 48.7 Å². The molecule has 0 atom stereocenters. The van der Waals surface area contributed by atoms with Gasteiger partial charge in [0.05, 0.1) is 18.1 Å². The number of halogens is 2. The van der Waals surface area contributed by atoms with Gasteiger partial charge in [-0.3, -0.25) is 4.79 Å². The number of hydrogen-bond donors (Lipinski definition) is 1. The molecule has 0 aliphatic carbocycles. The maximum absolute atomic E-state index is 13.2. The average Bonchev–Trinajstić information content (AvgIpc) is 2.68. The molecule has 1 aliphatic heterocycles. The van der Waals surface area contributed by atoms with Crippen LogP contribution in [0.1, 0.15) is 21.5 Å². The van der Waals surface area contributed by atoms with Gasteiger partial charge in [0.25, 0.3) is 5.91 Å². The van der Waals surface area contributed by atoms with Gasteiger partial charge in [0.1, 0.15) is 11.6 Å². The molecule has 0 unspecified atom stereocenters. The molecule has 1 fully saturated rings. The maximum Gasteiger partial charge on any atom is 0.251 e. The molecule has 1 heterocycles. The quantitative estimate of drug-likeness (QED) is 0.772. The first-order valence-electron chi connectivity index (χ1n) is 9.19. The van der Waals surface area contributed by atoms with Gasteiger partial charge in [-0.25, -0.2) is 17.2 Å². The molecule has 1 saturated heterocycles. The molecule has 9 heteroatoms. The SMILES string of the molecule is Cc1ccc(C(=O)NCCc2cc(F)cc(F)c2)cc1S(=O)(=O)N1CCOCC1. The molecule has 0 bridgehead atoms. The van der Waals surface area contributed by atoms with Crippen LogP contribution >= 0.6 is 0 Å². The van der Waals surface area contributed by atoms with Crippen LogP contribution in [0.2, 0.25) is 0 Å². The fourth-order valence-corrected chi connectivity index (χ4v) is 4.78. The van der Waals surface area contributed by atoms with Gasteiger partial charge >= 0.3 is 0 Å². The van der Waals surface area contributed by atoms with Crippen molar-refractivity contribution >= 4 is 15.9 Å². The Bertz CT molecular complexity index is 985. The fraction of sp³-hybridized carbons (Fsp3) is 0.350. The van der Waals surface area contributed by atoms with E-state index < -0.39 is 27.6 Å². The van der Waals surface area contributed by atoms with Crippen LogP contribution in [-0.2, 0) is 21.2 Å². The third-order valence-electron chi connectivity index (χ3n) is 4.66. The summed E-state index contributed by atoms with van der Waals surface area (Å²) in [5.41, 5.74) is 1.17. The van der Waals surface area contributed by atoms with Crippen molar-refractivity contribution in [3.63, 3.8) is 0 Å². The molecule has 29 heavy (non-hydrogen) atoms. The summed E-state index contributed by atoms with van der Waals surface area (Å²) in [6, 6.07) is 7.68. The highest BCUT2D eigenvalue weighted by Crippen LogP contribution is 2.22. The van der Waals surface area contributed by atoms with Gasteiger partial charge in [-0.2, -0.15) is 4.31 Å². The van der Waals surface area contributed by atoms with Crippen molar-refractivity contribution in [3.8, 4) is 0 Å². The van der Waals surface area contributed by atoms with Crippen LogP contribution in [0.3, 0.4) is 0 Å². The normalized spacial score (nSPS) is 15.3. The second-order valence-corrected chi connectivity index (χ2v) is 8.69. The lowest BCUT2D eigenvalue weighted by molar-refractivity contribution is 0.0730. The number of rotatable bonds is 6. The zero-order valence-electron chi connectivity index (χ0n) is 16.0. The molecule has 3 rings (SSSR count). The molecule has 2 aromatic carbocycles. The number of aryl methyl sites for hydroxylation is 1. The van der Waals surface area contributed by atoms with E-state index in [4.69, 9.17) is 4.74 Å². The number of nitrogens with zero attached hydrogens (tertiary/aromatic N) is 1. The van der Waals surface area contributed by atoms with Crippen LogP contribution in [0, 0.1) is 18.6 Å². The molecular formula is C20H22F2N2O4S. The molecule has 1 amide bonds. The molecule has 0 spiro atoms. The van der Waals surface area contributed by atoms with E-state index in [9.17, 15) is 22.0 Å². The van der Waals surface area contributed by atoms with E-state index in [1.54, 1.807) is 19.1 Å². The Morgan fingerprint density at radius 3 is 2.41 bits per heavy atom. The number of ether oxygens (including phenoxy) is 1. The first-order valence-corrected chi connectivity index (χ1v) is 10.6. The molecule has 1 N–H and O–H groups in total. The van der Waals surface area contributed by atoms with Crippen molar-refractivity contribution in [2.24, 2.45) is 0 Å². The number of morpholine rings is 1. The lowest BCUT2D eigenvalue weighted by Crippen LogP contribution is -2.41. The Labute approximate surface area is 168 Å². The highest BCUT2D eigenvalue weighted by Gasteiger charge is 2.28. The zero-order valence-corrected chi connectivity index (χ0v) is 16.8. The predicted octanol–water partition coefficient (Wildman–Crippen LogP) is 2.27. The molecule has 1 aliphatic rings. The summed E-state index contributed by atoms with van der Waals surface area (Å²) >= 11 is 0. The highest BCUT2D eigenvalue weighted by atomic mass is 32.2. The smallest absolute Gasteiger partial charge is 0.251 e. The third kappa shape index (κ3) is 5.17. The van der Waals surface area contributed by atoms with Crippen molar-refractivity contribution in [3.05, 3.63) is 64.7 Å². The first-order chi connectivity index (χ1) is 13.8. The summed E-state index contributed by atoms with van der Waals surface area (Å²) in [6.07, 6.45) is 0.241. The van der Waals surface area contributed by atoms with Crippen molar-refractivity contribution < 1.29 is 26.7 Å². The first kappa shape index (κ1) is 21.4. The maximum atomic E-state index is 13.2. The van der Waals surface area contributed by atoms with Gasteiger partial charge < -0.3 is 10.1 Å². The summed E-state index contributed by atoms with van der Waals surface area (Å²) in [6.45, 7) is 3.03. The monoisotopic (exact) mass is 424 g/mol. The Morgan fingerprint density at radius 2 is 1.76 bits per heavy atom. The topological polar surface area (TPSA) is 75.7 Å². The largest absolute Gasteiger partial charge is 0.379 e. The Kier molecular flexibility index (Phi) is 6.61. The number of hydrogen-bond acceptors (Lipinski definition) is 4. The van der Waals surface area contributed by atoms with Gasteiger partial charge in [0, 0.05) is 31.3 Å². The molecule has 2 aromatic rings. The van der Waals surface area contributed by atoms with Crippen LogP contribution in [0.5, 0.6) is 0 Å².